The molecule has 6 nitrogen and oxygen atoms in total. The summed E-state index contributed by atoms with van der Waals surface area (Å²) >= 11 is 0. The van der Waals surface area contributed by atoms with E-state index in [1.54, 1.807) is 0 Å². The number of sulfonamides is 1. The van der Waals surface area contributed by atoms with Gasteiger partial charge in [0.1, 0.15) is 0 Å². The second-order valence-corrected chi connectivity index (χ2v) is 6.18. The van der Waals surface area contributed by atoms with Gasteiger partial charge in [0, 0.05) is 19.2 Å². The van der Waals surface area contributed by atoms with Gasteiger partial charge in [-0.1, -0.05) is 26.0 Å². The van der Waals surface area contributed by atoms with Gasteiger partial charge < -0.3 is 0 Å². The second-order valence-electron chi connectivity index (χ2n) is 4.22. The van der Waals surface area contributed by atoms with Crippen LogP contribution in [0.3, 0.4) is 0 Å². The maximum absolute atomic E-state index is 12.4. The minimum absolute atomic E-state index is 0.162. The Kier molecular flexibility index (Phi) is 5.02. The minimum Gasteiger partial charge on any atom is -0.258 e. The Balaban J connectivity index is 3.32. The van der Waals surface area contributed by atoms with Crippen molar-refractivity contribution in [3.05, 3.63) is 34.4 Å². The number of rotatable bonds is 6. The number of hydrogen-bond donors (Lipinski definition) is 0. The second kappa shape index (κ2) is 6.12. The molecule has 0 saturated carbocycles. The van der Waals surface area contributed by atoms with Gasteiger partial charge in [-0.2, -0.15) is 4.31 Å². The smallest absolute Gasteiger partial charge is 0.258 e. The molecule has 0 atom stereocenters. The summed E-state index contributed by atoms with van der Waals surface area (Å²) in [5.74, 6) is 0. The molecule has 0 aliphatic carbocycles. The van der Waals surface area contributed by atoms with Gasteiger partial charge in [0.2, 0.25) is 10.0 Å². The lowest BCUT2D eigenvalue weighted by Crippen LogP contribution is -2.36. The molecule has 0 N–H and O–H groups in total. The largest absolute Gasteiger partial charge is 0.289 e. The standard InChI is InChI=1S/C12H18N2O4S/c1-4-10(5-2)13(3)19(17,18)12-9-7-6-8-11(12)14(15)16/h6-10H,4-5H2,1-3H3. The first-order chi connectivity index (χ1) is 8.86. The van der Waals surface area contributed by atoms with Crippen LogP contribution in [0.25, 0.3) is 0 Å². The molecule has 7 heteroatoms. The number of benzene rings is 1. The fourth-order valence-electron chi connectivity index (χ4n) is 1.98. The van der Waals surface area contributed by atoms with Crippen molar-refractivity contribution in [2.24, 2.45) is 0 Å². The summed E-state index contributed by atoms with van der Waals surface area (Å²) in [4.78, 5) is 9.99. The summed E-state index contributed by atoms with van der Waals surface area (Å²) in [6.07, 6.45) is 1.32. The first-order valence-corrected chi connectivity index (χ1v) is 7.51. The normalized spacial score (nSPS) is 12.1. The predicted molar refractivity (Wildman–Crippen MR) is 72.4 cm³/mol. The highest BCUT2D eigenvalue weighted by atomic mass is 32.2. The molecule has 0 unspecified atom stereocenters. The van der Waals surface area contributed by atoms with E-state index in [1.807, 2.05) is 13.8 Å². The summed E-state index contributed by atoms with van der Waals surface area (Å²) in [6, 6.07) is 5.25. The Morgan fingerprint density at radius 1 is 1.26 bits per heavy atom. The number of nitrogens with zero attached hydrogens (tertiary/aromatic N) is 2. The summed E-state index contributed by atoms with van der Waals surface area (Å²) in [6.45, 7) is 3.78. The van der Waals surface area contributed by atoms with E-state index < -0.39 is 14.9 Å². The molecule has 0 fully saturated rings. The number of nitro benzene ring substituents is 1. The number of hydrogen-bond acceptors (Lipinski definition) is 4. The Labute approximate surface area is 113 Å². The molecule has 106 valence electrons. The molecule has 1 aromatic carbocycles. The van der Waals surface area contributed by atoms with E-state index in [-0.39, 0.29) is 16.6 Å². The van der Waals surface area contributed by atoms with E-state index in [2.05, 4.69) is 0 Å². The number of nitro groups is 1. The Bertz CT molecular complexity index is 553. The van der Waals surface area contributed by atoms with Crippen LogP contribution in [0, 0.1) is 10.1 Å². The van der Waals surface area contributed by atoms with Crippen molar-refractivity contribution in [2.45, 2.75) is 37.6 Å². The summed E-state index contributed by atoms with van der Waals surface area (Å²) in [7, 11) is -2.38. The van der Waals surface area contributed by atoms with E-state index in [1.165, 1.54) is 35.6 Å². The molecule has 0 bridgehead atoms. The van der Waals surface area contributed by atoms with Crippen molar-refractivity contribution in [3.8, 4) is 0 Å². The van der Waals surface area contributed by atoms with Crippen molar-refractivity contribution in [2.75, 3.05) is 7.05 Å². The third-order valence-electron chi connectivity index (χ3n) is 3.18. The fraction of sp³-hybridized carbons (Fsp3) is 0.500. The van der Waals surface area contributed by atoms with Crippen LogP contribution in [-0.4, -0.2) is 30.7 Å². The number of para-hydroxylation sites is 1. The van der Waals surface area contributed by atoms with Crippen LogP contribution in [0.4, 0.5) is 5.69 Å². The molecule has 0 saturated heterocycles. The van der Waals surface area contributed by atoms with E-state index in [4.69, 9.17) is 0 Å². The first-order valence-electron chi connectivity index (χ1n) is 6.07. The minimum atomic E-state index is -3.85. The maximum atomic E-state index is 12.4. The zero-order valence-corrected chi connectivity index (χ0v) is 12.1. The maximum Gasteiger partial charge on any atom is 0.289 e. The molecule has 1 aromatic rings. The zero-order chi connectivity index (χ0) is 14.6. The van der Waals surface area contributed by atoms with Gasteiger partial charge in [-0.3, -0.25) is 10.1 Å². The summed E-state index contributed by atoms with van der Waals surface area (Å²) < 4.78 is 26.1. The highest BCUT2D eigenvalue weighted by Crippen LogP contribution is 2.27. The van der Waals surface area contributed by atoms with E-state index in [0.29, 0.717) is 12.8 Å². The van der Waals surface area contributed by atoms with Crippen molar-refractivity contribution >= 4 is 15.7 Å². The highest BCUT2D eigenvalue weighted by Gasteiger charge is 2.31. The third-order valence-corrected chi connectivity index (χ3v) is 5.13. The van der Waals surface area contributed by atoms with Crippen molar-refractivity contribution in [1.82, 2.24) is 4.31 Å². The lowest BCUT2D eigenvalue weighted by molar-refractivity contribution is -0.387. The van der Waals surface area contributed by atoms with Gasteiger partial charge in [0.25, 0.3) is 5.69 Å². The van der Waals surface area contributed by atoms with Crippen LogP contribution >= 0.6 is 0 Å². The Hall–Kier alpha value is -1.47. The molecule has 1 rings (SSSR count). The topological polar surface area (TPSA) is 80.5 Å². The SMILES string of the molecule is CCC(CC)N(C)S(=O)(=O)c1ccccc1[N+](=O)[O-]. The predicted octanol–water partition coefficient (Wildman–Crippen LogP) is 2.40. The molecule has 0 aliphatic heterocycles. The third kappa shape index (κ3) is 3.10. The molecule has 0 spiro atoms. The Morgan fingerprint density at radius 2 is 1.79 bits per heavy atom. The van der Waals surface area contributed by atoms with Crippen LogP contribution in [0.15, 0.2) is 29.2 Å². The van der Waals surface area contributed by atoms with Crippen LogP contribution in [-0.2, 0) is 10.0 Å². The van der Waals surface area contributed by atoms with E-state index >= 15 is 0 Å². The highest BCUT2D eigenvalue weighted by molar-refractivity contribution is 7.89. The quantitative estimate of drug-likeness (QED) is 0.594. The van der Waals surface area contributed by atoms with E-state index in [9.17, 15) is 18.5 Å². The first kappa shape index (κ1) is 15.6. The fourth-order valence-corrected chi connectivity index (χ4v) is 3.64. The molecule has 0 amide bonds. The zero-order valence-electron chi connectivity index (χ0n) is 11.2. The molecule has 0 aromatic heterocycles. The van der Waals surface area contributed by atoms with Gasteiger partial charge >= 0.3 is 0 Å². The van der Waals surface area contributed by atoms with Gasteiger partial charge in [0.15, 0.2) is 4.90 Å². The average molecular weight is 286 g/mol. The van der Waals surface area contributed by atoms with Gasteiger partial charge in [0.05, 0.1) is 4.92 Å². The molecule has 0 heterocycles. The van der Waals surface area contributed by atoms with Gasteiger partial charge in [-0.15, -0.1) is 0 Å². The lowest BCUT2D eigenvalue weighted by Gasteiger charge is -2.25. The van der Waals surface area contributed by atoms with E-state index in [0.717, 1.165) is 0 Å². The van der Waals surface area contributed by atoms with Gasteiger partial charge in [-0.05, 0) is 18.9 Å². The molecule has 0 aliphatic rings. The molecular formula is C12H18N2O4S. The van der Waals surface area contributed by atoms with Crippen molar-refractivity contribution < 1.29 is 13.3 Å². The molecular weight excluding hydrogens is 268 g/mol. The Morgan fingerprint density at radius 3 is 2.26 bits per heavy atom. The lowest BCUT2D eigenvalue weighted by atomic mass is 10.2. The van der Waals surface area contributed by atoms with Crippen LogP contribution < -0.4 is 0 Å². The van der Waals surface area contributed by atoms with Crippen LogP contribution in [0.1, 0.15) is 26.7 Å². The van der Waals surface area contributed by atoms with Gasteiger partial charge in [-0.25, -0.2) is 8.42 Å². The van der Waals surface area contributed by atoms with Crippen LogP contribution in [0.2, 0.25) is 0 Å². The van der Waals surface area contributed by atoms with Crippen LogP contribution in [0.5, 0.6) is 0 Å². The van der Waals surface area contributed by atoms with Crippen molar-refractivity contribution in [3.63, 3.8) is 0 Å². The summed E-state index contributed by atoms with van der Waals surface area (Å²) in [5, 5.41) is 10.9. The summed E-state index contributed by atoms with van der Waals surface area (Å²) in [5.41, 5.74) is -0.389. The molecule has 19 heavy (non-hydrogen) atoms. The van der Waals surface area contributed by atoms with Crippen molar-refractivity contribution in [1.29, 1.82) is 0 Å². The average Bonchev–Trinajstić information content (AvgIpc) is 2.39. The molecule has 0 radical (unpaired) electrons. The monoisotopic (exact) mass is 286 g/mol.